The standard InChI is InChI=1S/C21H21N3O4S/c1-12(18(25)23-14-7-5-6-13(10-14)21(27)28-2)24-11-22-19-17(20(24)26)15-8-3-4-9-16(15)29-19/h5-7,10-12H,3-4,8-9H2,1-2H3,(H,23,25). The largest absolute Gasteiger partial charge is 0.465 e. The van der Waals surface area contributed by atoms with Crippen molar-refractivity contribution in [2.75, 3.05) is 12.4 Å². The van der Waals surface area contributed by atoms with Crippen molar-refractivity contribution in [3.8, 4) is 0 Å². The summed E-state index contributed by atoms with van der Waals surface area (Å²) in [4.78, 5) is 44.0. The van der Waals surface area contributed by atoms with Gasteiger partial charge < -0.3 is 10.1 Å². The molecule has 0 spiro atoms. The van der Waals surface area contributed by atoms with Gasteiger partial charge in [0.15, 0.2) is 0 Å². The first-order chi connectivity index (χ1) is 14.0. The minimum atomic E-state index is -0.750. The lowest BCUT2D eigenvalue weighted by Crippen LogP contribution is -2.32. The molecule has 0 aliphatic heterocycles. The number of rotatable bonds is 4. The number of aryl methyl sites for hydroxylation is 2. The Balaban J connectivity index is 1.62. The second-order valence-corrected chi connectivity index (χ2v) is 8.17. The van der Waals surface area contributed by atoms with Gasteiger partial charge in [-0.05, 0) is 56.4 Å². The average molecular weight is 411 g/mol. The van der Waals surface area contributed by atoms with E-state index in [1.165, 1.54) is 28.9 Å². The van der Waals surface area contributed by atoms with Crippen LogP contribution in [-0.4, -0.2) is 28.5 Å². The molecule has 8 heteroatoms. The fourth-order valence-electron chi connectivity index (χ4n) is 3.65. The molecule has 0 bridgehead atoms. The van der Waals surface area contributed by atoms with E-state index < -0.39 is 12.0 Å². The van der Waals surface area contributed by atoms with Gasteiger partial charge in [-0.15, -0.1) is 11.3 Å². The van der Waals surface area contributed by atoms with Gasteiger partial charge in [0, 0.05) is 10.6 Å². The number of nitrogens with one attached hydrogen (secondary N) is 1. The van der Waals surface area contributed by atoms with Crippen molar-refractivity contribution in [3.63, 3.8) is 0 Å². The normalized spacial score (nSPS) is 14.3. The number of thiophene rings is 1. The number of esters is 1. The number of fused-ring (bicyclic) bond motifs is 3. The molecule has 1 aliphatic carbocycles. The van der Waals surface area contributed by atoms with Crippen LogP contribution < -0.4 is 10.9 Å². The molecule has 7 nitrogen and oxygen atoms in total. The number of methoxy groups -OCH3 is 1. The van der Waals surface area contributed by atoms with E-state index in [4.69, 9.17) is 4.74 Å². The molecular weight excluding hydrogens is 390 g/mol. The van der Waals surface area contributed by atoms with Crippen molar-refractivity contribution in [3.05, 3.63) is 57.0 Å². The predicted octanol–water partition coefficient (Wildman–Crippen LogP) is 3.32. The first-order valence-corrected chi connectivity index (χ1v) is 10.3. The molecule has 1 atom stereocenters. The highest BCUT2D eigenvalue weighted by molar-refractivity contribution is 7.18. The zero-order valence-corrected chi connectivity index (χ0v) is 17.0. The Morgan fingerprint density at radius 1 is 1.28 bits per heavy atom. The third-order valence-corrected chi connectivity index (χ3v) is 6.45. The summed E-state index contributed by atoms with van der Waals surface area (Å²) in [5.74, 6) is -0.846. The highest BCUT2D eigenvalue weighted by atomic mass is 32.1. The summed E-state index contributed by atoms with van der Waals surface area (Å²) in [6, 6.07) is 5.73. The van der Waals surface area contributed by atoms with Gasteiger partial charge >= 0.3 is 5.97 Å². The summed E-state index contributed by atoms with van der Waals surface area (Å²) in [6.07, 6.45) is 5.53. The number of ether oxygens (including phenoxy) is 1. The molecule has 0 radical (unpaired) electrons. The summed E-state index contributed by atoms with van der Waals surface area (Å²) in [7, 11) is 1.30. The molecule has 2 aromatic heterocycles. The lowest BCUT2D eigenvalue weighted by atomic mass is 9.97. The van der Waals surface area contributed by atoms with Gasteiger partial charge in [-0.1, -0.05) is 6.07 Å². The maximum absolute atomic E-state index is 13.1. The highest BCUT2D eigenvalue weighted by Crippen LogP contribution is 2.33. The Morgan fingerprint density at radius 2 is 2.07 bits per heavy atom. The van der Waals surface area contributed by atoms with Gasteiger partial charge in [0.05, 0.1) is 24.4 Å². The Morgan fingerprint density at radius 3 is 2.86 bits per heavy atom. The van der Waals surface area contributed by atoms with Crippen molar-refractivity contribution in [2.24, 2.45) is 0 Å². The van der Waals surface area contributed by atoms with Crippen LogP contribution >= 0.6 is 11.3 Å². The molecule has 1 N–H and O–H groups in total. The smallest absolute Gasteiger partial charge is 0.337 e. The number of hydrogen-bond donors (Lipinski definition) is 1. The molecule has 1 amide bonds. The monoisotopic (exact) mass is 411 g/mol. The summed E-state index contributed by atoms with van der Waals surface area (Å²) < 4.78 is 6.08. The van der Waals surface area contributed by atoms with Crippen LogP contribution in [0.3, 0.4) is 0 Å². The molecule has 1 unspecified atom stereocenters. The van der Waals surface area contributed by atoms with Gasteiger partial charge in [0.2, 0.25) is 5.91 Å². The number of carbonyl (C=O) groups excluding carboxylic acids is 2. The Labute approximate surface area is 171 Å². The van der Waals surface area contributed by atoms with Crippen LogP contribution in [0.15, 0.2) is 35.4 Å². The van der Waals surface area contributed by atoms with E-state index in [2.05, 4.69) is 10.3 Å². The average Bonchev–Trinajstić information content (AvgIpc) is 3.12. The fourth-order valence-corrected chi connectivity index (χ4v) is 4.87. The predicted molar refractivity (Wildman–Crippen MR) is 112 cm³/mol. The first-order valence-electron chi connectivity index (χ1n) is 9.50. The van der Waals surface area contributed by atoms with Crippen molar-refractivity contribution >= 4 is 39.1 Å². The Bertz CT molecular complexity index is 1160. The van der Waals surface area contributed by atoms with E-state index in [1.54, 1.807) is 36.5 Å². The lowest BCUT2D eigenvalue weighted by molar-refractivity contribution is -0.118. The van der Waals surface area contributed by atoms with Gasteiger partial charge in [-0.25, -0.2) is 9.78 Å². The number of aromatic nitrogens is 2. The van der Waals surface area contributed by atoms with E-state index in [9.17, 15) is 14.4 Å². The third kappa shape index (κ3) is 3.55. The quantitative estimate of drug-likeness (QED) is 0.665. The number of amides is 1. The molecule has 29 heavy (non-hydrogen) atoms. The maximum atomic E-state index is 13.1. The van der Waals surface area contributed by atoms with Gasteiger partial charge in [-0.2, -0.15) is 0 Å². The number of benzene rings is 1. The van der Waals surface area contributed by atoms with E-state index >= 15 is 0 Å². The molecular formula is C21H21N3O4S. The fraction of sp³-hybridized carbons (Fsp3) is 0.333. The summed E-state index contributed by atoms with van der Waals surface area (Å²) >= 11 is 1.58. The lowest BCUT2D eigenvalue weighted by Gasteiger charge is -2.16. The maximum Gasteiger partial charge on any atom is 0.337 e. The Hall–Kier alpha value is -3.00. The Kier molecular flexibility index (Phi) is 5.19. The van der Waals surface area contributed by atoms with Crippen molar-refractivity contribution in [2.45, 2.75) is 38.6 Å². The van der Waals surface area contributed by atoms with Crippen molar-refractivity contribution in [1.29, 1.82) is 0 Å². The third-order valence-electron chi connectivity index (χ3n) is 5.25. The molecule has 0 saturated carbocycles. The number of nitrogens with zero attached hydrogens (tertiary/aromatic N) is 2. The van der Waals surface area contributed by atoms with Crippen molar-refractivity contribution in [1.82, 2.24) is 9.55 Å². The minimum Gasteiger partial charge on any atom is -0.465 e. The SMILES string of the molecule is COC(=O)c1cccc(NC(=O)C(C)n2cnc3sc4c(c3c2=O)CCCC4)c1. The van der Waals surface area contributed by atoms with Crippen LogP contribution in [0.2, 0.25) is 0 Å². The van der Waals surface area contributed by atoms with Crippen LogP contribution in [0.25, 0.3) is 10.2 Å². The summed E-state index contributed by atoms with van der Waals surface area (Å²) in [5, 5.41) is 3.41. The number of anilines is 1. The molecule has 1 aliphatic rings. The molecule has 4 rings (SSSR count). The minimum absolute atomic E-state index is 0.180. The van der Waals surface area contributed by atoms with Gasteiger partial charge in [-0.3, -0.25) is 14.2 Å². The highest BCUT2D eigenvalue weighted by Gasteiger charge is 2.23. The zero-order valence-electron chi connectivity index (χ0n) is 16.2. The molecule has 150 valence electrons. The second-order valence-electron chi connectivity index (χ2n) is 7.09. The first kappa shape index (κ1) is 19.3. The van der Waals surface area contributed by atoms with E-state index in [0.29, 0.717) is 16.6 Å². The van der Waals surface area contributed by atoms with Crippen LogP contribution in [0.4, 0.5) is 5.69 Å². The van der Waals surface area contributed by atoms with Crippen LogP contribution in [0.1, 0.15) is 46.6 Å². The van der Waals surface area contributed by atoms with Crippen LogP contribution in [0.5, 0.6) is 0 Å². The molecule has 0 fully saturated rings. The molecule has 0 saturated heterocycles. The van der Waals surface area contributed by atoms with E-state index in [-0.39, 0.29) is 11.5 Å². The molecule has 2 heterocycles. The zero-order chi connectivity index (χ0) is 20.5. The second kappa shape index (κ2) is 7.79. The number of carbonyl (C=O) groups is 2. The number of hydrogen-bond acceptors (Lipinski definition) is 6. The van der Waals surface area contributed by atoms with E-state index in [1.807, 2.05) is 0 Å². The van der Waals surface area contributed by atoms with Crippen LogP contribution in [0, 0.1) is 0 Å². The van der Waals surface area contributed by atoms with Gasteiger partial charge in [0.1, 0.15) is 10.9 Å². The molecule has 3 aromatic rings. The van der Waals surface area contributed by atoms with Gasteiger partial charge in [0.25, 0.3) is 5.56 Å². The topological polar surface area (TPSA) is 90.3 Å². The summed E-state index contributed by atoms with van der Waals surface area (Å²) in [5.41, 5.74) is 1.71. The van der Waals surface area contributed by atoms with E-state index in [0.717, 1.165) is 36.1 Å². The summed E-state index contributed by atoms with van der Waals surface area (Å²) in [6.45, 7) is 1.66. The van der Waals surface area contributed by atoms with Crippen LogP contribution in [-0.2, 0) is 22.4 Å². The van der Waals surface area contributed by atoms with Crippen molar-refractivity contribution < 1.29 is 14.3 Å². The molecule has 1 aromatic carbocycles.